The van der Waals surface area contributed by atoms with E-state index in [1.165, 1.54) is 0 Å². The predicted octanol–water partition coefficient (Wildman–Crippen LogP) is 1.97. The molecule has 0 aliphatic heterocycles. The topological polar surface area (TPSA) is 50.1 Å². The molecule has 0 atom stereocenters. The van der Waals surface area contributed by atoms with E-state index in [0.29, 0.717) is 6.54 Å². The first kappa shape index (κ1) is 10.9. The van der Waals surface area contributed by atoms with Crippen molar-refractivity contribution in [3.8, 4) is 5.69 Å². The molecule has 0 unspecified atom stereocenters. The Bertz CT molecular complexity index is 477. The average Bonchev–Trinajstić information content (AvgIpc) is 2.59. The number of rotatable bonds is 3. The third-order valence-corrected chi connectivity index (χ3v) is 2.70. The number of hydrogen-bond acceptors (Lipinski definition) is 3. The second-order valence-corrected chi connectivity index (χ2v) is 3.73. The van der Waals surface area contributed by atoms with E-state index >= 15 is 0 Å². The summed E-state index contributed by atoms with van der Waals surface area (Å²) >= 11 is 0. The van der Waals surface area contributed by atoms with E-state index in [9.17, 15) is 0 Å². The molecule has 0 spiro atoms. The Morgan fingerprint density at radius 2 is 1.94 bits per heavy atom. The van der Waals surface area contributed by atoms with Crippen LogP contribution in [0.4, 0.5) is 0 Å². The zero-order valence-electron chi connectivity index (χ0n) is 9.44. The van der Waals surface area contributed by atoms with Crippen LogP contribution in [-0.2, 0) is 6.54 Å². The third kappa shape index (κ3) is 1.85. The average molecular weight is 217 g/mol. The molecule has 4 nitrogen and oxygen atoms in total. The number of hydrogen-bond donors (Lipinski definition) is 2. The van der Waals surface area contributed by atoms with E-state index in [-0.39, 0.29) is 0 Å². The van der Waals surface area contributed by atoms with Crippen molar-refractivity contribution < 1.29 is 5.21 Å². The SMILES string of the molecule is Cc1nn(-c2ccccc2)c(C)c1CNO. The standard InChI is InChI=1S/C12H15N3O/c1-9-12(8-13-16)10(2)15(14-9)11-6-4-3-5-7-11/h3-7,13,16H,8H2,1-2H3. The molecule has 4 heteroatoms. The molecule has 2 aromatic rings. The van der Waals surface area contributed by atoms with Crippen molar-refractivity contribution in [2.45, 2.75) is 20.4 Å². The molecule has 1 aromatic carbocycles. The highest BCUT2D eigenvalue weighted by Crippen LogP contribution is 2.17. The van der Waals surface area contributed by atoms with Gasteiger partial charge in [-0.25, -0.2) is 10.2 Å². The summed E-state index contributed by atoms with van der Waals surface area (Å²) in [6, 6.07) is 9.96. The Labute approximate surface area is 94.5 Å². The van der Waals surface area contributed by atoms with E-state index in [1.54, 1.807) is 0 Å². The molecule has 16 heavy (non-hydrogen) atoms. The Balaban J connectivity index is 2.47. The molecule has 0 saturated heterocycles. The molecule has 1 heterocycles. The molecule has 84 valence electrons. The van der Waals surface area contributed by atoms with E-state index in [4.69, 9.17) is 5.21 Å². The summed E-state index contributed by atoms with van der Waals surface area (Å²) in [5, 5.41) is 13.2. The van der Waals surface area contributed by atoms with Crippen molar-refractivity contribution in [3.05, 3.63) is 47.3 Å². The van der Waals surface area contributed by atoms with Crippen molar-refractivity contribution in [1.29, 1.82) is 0 Å². The van der Waals surface area contributed by atoms with Gasteiger partial charge in [0.15, 0.2) is 0 Å². The summed E-state index contributed by atoms with van der Waals surface area (Å²) in [5.41, 5.74) is 6.23. The van der Waals surface area contributed by atoms with Crippen LogP contribution in [0.1, 0.15) is 17.0 Å². The smallest absolute Gasteiger partial charge is 0.0648 e. The maximum Gasteiger partial charge on any atom is 0.0648 e. The largest absolute Gasteiger partial charge is 0.316 e. The lowest BCUT2D eigenvalue weighted by atomic mass is 10.2. The maximum atomic E-state index is 8.76. The number of para-hydroxylation sites is 1. The Morgan fingerprint density at radius 1 is 1.25 bits per heavy atom. The molecule has 0 radical (unpaired) electrons. The van der Waals surface area contributed by atoms with Gasteiger partial charge < -0.3 is 5.21 Å². The van der Waals surface area contributed by atoms with Gasteiger partial charge in [0.05, 0.1) is 11.4 Å². The van der Waals surface area contributed by atoms with Crippen LogP contribution < -0.4 is 5.48 Å². The van der Waals surface area contributed by atoms with E-state index in [0.717, 1.165) is 22.6 Å². The molecule has 0 amide bonds. The minimum atomic E-state index is 0.421. The highest BCUT2D eigenvalue weighted by Gasteiger charge is 2.11. The molecule has 2 rings (SSSR count). The molecule has 0 aliphatic carbocycles. The second kappa shape index (κ2) is 4.47. The van der Waals surface area contributed by atoms with Gasteiger partial charge in [0.1, 0.15) is 0 Å². The molecular formula is C12H15N3O. The van der Waals surface area contributed by atoms with Gasteiger partial charge in [0.2, 0.25) is 0 Å². The zero-order valence-corrected chi connectivity index (χ0v) is 9.44. The fourth-order valence-corrected chi connectivity index (χ4v) is 1.83. The fraction of sp³-hybridized carbons (Fsp3) is 0.250. The van der Waals surface area contributed by atoms with Crippen molar-refractivity contribution >= 4 is 0 Å². The predicted molar refractivity (Wildman–Crippen MR) is 61.7 cm³/mol. The van der Waals surface area contributed by atoms with Gasteiger partial charge >= 0.3 is 0 Å². The zero-order chi connectivity index (χ0) is 11.5. The third-order valence-electron chi connectivity index (χ3n) is 2.70. The number of nitrogens with zero attached hydrogens (tertiary/aromatic N) is 2. The summed E-state index contributed by atoms with van der Waals surface area (Å²) in [4.78, 5) is 0. The van der Waals surface area contributed by atoms with Crippen molar-refractivity contribution in [2.75, 3.05) is 0 Å². The van der Waals surface area contributed by atoms with E-state index in [2.05, 4.69) is 10.6 Å². The first-order valence-corrected chi connectivity index (χ1v) is 5.21. The molecule has 0 saturated carbocycles. The van der Waals surface area contributed by atoms with Crippen LogP contribution in [0.3, 0.4) is 0 Å². The van der Waals surface area contributed by atoms with Gasteiger partial charge in [0, 0.05) is 17.8 Å². The molecule has 0 bridgehead atoms. The lowest BCUT2D eigenvalue weighted by Gasteiger charge is -2.04. The van der Waals surface area contributed by atoms with Crippen LogP contribution in [0.15, 0.2) is 30.3 Å². The molecule has 1 aromatic heterocycles. The monoisotopic (exact) mass is 217 g/mol. The Hall–Kier alpha value is -1.65. The number of nitrogens with one attached hydrogen (secondary N) is 1. The van der Waals surface area contributed by atoms with Crippen molar-refractivity contribution in [3.63, 3.8) is 0 Å². The van der Waals surface area contributed by atoms with Crippen molar-refractivity contribution in [2.24, 2.45) is 0 Å². The highest BCUT2D eigenvalue weighted by molar-refractivity contribution is 5.36. The number of aryl methyl sites for hydroxylation is 1. The molecule has 2 N–H and O–H groups in total. The van der Waals surface area contributed by atoms with Crippen LogP contribution in [0.5, 0.6) is 0 Å². The normalized spacial score (nSPS) is 10.7. The van der Waals surface area contributed by atoms with Crippen LogP contribution in [-0.4, -0.2) is 15.0 Å². The van der Waals surface area contributed by atoms with Crippen molar-refractivity contribution in [1.82, 2.24) is 15.3 Å². The summed E-state index contributed by atoms with van der Waals surface area (Å²) < 4.78 is 1.89. The van der Waals surface area contributed by atoms with Gasteiger partial charge in [-0.3, -0.25) is 0 Å². The minimum absolute atomic E-state index is 0.421. The van der Waals surface area contributed by atoms with Crippen LogP contribution >= 0.6 is 0 Å². The fourth-order valence-electron chi connectivity index (χ4n) is 1.83. The number of hydroxylamine groups is 1. The Morgan fingerprint density at radius 3 is 2.56 bits per heavy atom. The van der Waals surface area contributed by atoms with E-state index in [1.807, 2.05) is 48.9 Å². The lowest BCUT2D eigenvalue weighted by molar-refractivity contribution is 0.161. The number of benzene rings is 1. The van der Waals surface area contributed by atoms with Gasteiger partial charge in [-0.2, -0.15) is 5.10 Å². The molecule has 0 fully saturated rings. The van der Waals surface area contributed by atoms with E-state index < -0.39 is 0 Å². The second-order valence-electron chi connectivity index (χ2n) is 3.73. The Kier molecular flexibility index (Phi) is 3.03. The van der Waals surface area contributed by atoms with Crippen LogP contribution in [0.2, 0.25) is 0 Å². The molecule has 0 aliphatic rings. The van der Waals surface area contributed by atoms with Crippen LogP contribution in [0.25, 0.3) is 5.69 Å². The summed E-state index contributed by atoms with van der Waals surface area (Å²) in [6.07, 6.45) is 0. The summed E-state index contributed by atoms with van der Waals surface area (Å²) in [7, 11) is 0. The summed E-state index contributed by atoms with van der Waals surface area (Å²) in [5.74, 6) is 0. The minimum Gasteiger partial charge on any atom is -0.316 e. The highest BCUT2D eigenvalue weighted by atomic mass is 16.5. The quantitative estimate of drug-likeness (QED) is 0.773. The first-order chi connectivity index (χ1) is 7.74. The first-order valence-electron chi connectivity index (χ1n) is 5.21. The van der Waals surface area contributed by atoms with Gasteiger partial charge in [-0.15, -0.1) is 0 Å². The summed E-state index contributed by atoms with van der Waals surface area (Å²) in [6.45, 7) is 4.36. The van der Waals surface area contributed by atoms with Gasteiger partial charge in [-0.05, 0) is 26.0 Å². The molecular weight excluding hydrogens is 202 g/mol. The maximum absolute atomic E-state index is 8.76. The number of aromatic nitrogens is 2. The van der Waals surface area contributed by atoms with Gasteiger partial charge in [-0.1, -0.05) is 18.2 Å². The van der Waals surface area contributed by atoms with Gasteiger partial charge in [0.25, 0.3) is 0 Å². The van der Waals surface area contributed by atoms with Crippen LogP contribution in [0, 0.1) is 13.8 Å². The lowest BCUT2D eigenvalue weighted by Crippen LogP contribution is -2.08.